The summed E-state index contributed by atoms with van der Waals surface area (Å²) in [6, 6.07) is 10.9. The Morgan fingerprint density at radius 2 is 2.10 bits per heavy atom. The number of rotatable bonds is 3. The van der Waals surface area contributed by atoms with Gasteiger partial charge in [0.2, 0.25) is 0 Å². The predicted molar refractivity (Wildman–Crippen MR) is 98.1 cm³/mol. The van der Waals surface area contributed by atoms with Crippen molar-refractivity contribution in [2.24, 2.45) is 10.9 Å². The molecule has 1 aliphatic rings. The fourth-order valence-corrected chi connectivity index (χ4v) is 2.38. The molecule has 2 aromatic rings. The van der Waals surface area contributed by atoms with Gasteiger partial charge in [-0.1, -0.05) is 31.2 Å². The predicted octanol–water partition coefficient (Wildman–Crippen LogP) is 2.93. The first-order valence-electron chi connectivity index (χ1n) is 7.07. The molecule has 0 bridgehead atoms. The third-order valence-corrected chi connectivity index (χ3v) is 3.83. The van der Waals surface area contributed by atoms with E-state index in [4.69, 9.17) is 0 Å². The van der Waals surface area contributed by atoms with E-state index < -0.39 is 0 Å². The van der Waals surface area contributed by atoms with Crippen molar-refractivity contribution in [3.8, 4) is 0 Å². The van der Waals surface area contributed by atoms with Gasteiger partial charge in [-0.3, -0.25) is 9.98 Å². The molecule has 2 N–H and O–H groups in total. The Morgan fingerprint density at radius 1 is 1.33 bits per heavy atom. The zero-order valence-electron chi connectivity index (χ0n) is 12.3. The highest BCUT2D eigenvalue weighted by Gasteiger charge is 2.33. The van der Waals surface area contributed by atoms with Gasteiger partial charge in [0.05, 0.1) is 12.2 Å². The highest BCUT2D eigenvalue weighted by atomic mass is 127. The molecule has 4 nitrogen and oxygen atoms in total. The molecule has 21 heavy (non-hydrogen) atoms. The van der Waals surface area contributed by atoms with Gasteiger partial charge in [0.1, 0.15) is 0 Å². The summed E-state index contributed by atoms with van der Waals surface area (Å²) >= 11 is 0. The van der Waals surface area contributed by atoms with Crippen molar-refractivity contribution >= 4 is 40.7 Å². The van der Waals surface area contributed by atoms with Crippen LogP contribution in [0.4, 0.5) is 0 Å². The van der Waals surface area contributed by atoms with E-state index in [0.29, 0.717) is 12.6 Å². The van der Waals surface area contributed by atoms with E-state index in [1.54, 1.807) is 7.05 Å². The summed E-state index contributed by atoms with van der Waals surface area (Å²) in [5, 5.41) is 9.18. The number of benzene rings is 1. The summed E-state index contributed by atoms with van der Waals surface area (Å²) in [7, 11) is 1.80. The first kappa shape index (κ1) is 16.0. The van der Waals surface area contributed by atoms with Crippen LogP contribution in [0.5, 0.6) is 0 Å². The number of pyridine rings is 1. The average Bonchev–Trinajstić information content (AvgIpc) is 3.18. The maximum absolute atomic E-state index is 4.48. The van der Waals surface area contributed by atoms with E-state index in [2.05, 4.69) is 45.7 Å². The molecule has 2 atom stereocenters. The van der Waals surface area contributed by atoms with Gasteiger partial charge < -0.3 is 10.6 Å². The van der Waals surface area contributed by atoms with Crippen molar-refractivity contribution in [3.05, 3.63) is 42.2 Å². The molecular weight excluding hydrogens is 375 g/mol. The number of nitrogens with zero attached hydrogens (tertiary/aromatic N) is 2. The number of halogens is 1. The van der Waals surface area contributed by atoms with E-state index in [0.717, 1.165) is 17.6 Å². The fourth-order valence-electron chi connectivity index (χ4n) is 2.38. The Bertz CT molecular complexity index is 636. The zero-order chi connectivity index (χ0) is 13.9. The lowest BCUT2D eigenvalue weighted by atomic mass is 10.1. The molecule has 1 aromatic carbocycles. The molecular formula is C16H21IN4. The van der Waals surface area contributed by atoms with E-state index in [1.165, 1.54) is 17.2 Å². The normalized spacial score (nSPS) is 20.8. The largest absolute Gasteiger partial charge is 0.353 e. The SMILES string of the molecule is CN=C(NCc1nccc2ccccc12)NC1CC1C.I. The second kappa shape index (κ2) is 7.06. The number of aromatic nitrogens is 1. The summed E-state index contributed by atoms with van der Waals surface area (Å²) < 4.78 is 0. The first-order valence-corrected chi connectivity index (χ1v) is 7.07. The zero-order valence-corrected chi connectivity index (χ0v) is 14.7. The molecule has 0 saturated heterocycles. The molecule has 1 heterocycles. The van der Waals surface area contributed by atoms with Crippen molar-refractivity contribution in [3.63, 3.8) is 0 Å². The quantitative estimate of drug-likeness (QED) is 0.477. The number of nitrogens with one attached hydrogen (secondary N) is 2. The number of hydrogen-bond donors (Lipinski definition) is 2. The van der Waals surface area contributed by atoms with Gasteiger partial charge in [0.25, 0.3) is 0 Å². The molecule has 0 aliphatic heterocycles. The number of aliphatic imine (C=N–C) groups is 1. The van der Waals surface area contributed by atoms with E-state index in [-0.39, 0.29) is 24.0 Å². The van der Waals surface area contributed by atoms with Crippen molar-refractivity contribution < 1.29 is 0 Å². The molecule has 2 unspecified atom stereocenters. The Labute approximate surface area is 142 Å². The van der Waals surface area contributed by atoms with Gasteiger partial charge >= 0.3 is 0 Å². The topological polar surface area (TPSA) is 49.3 Å². The molecule has 112 valence electrons. The minimum absolute atomic E-state index is 0. The van der Waals surface area contributed by atoms with Crippen LogP contribution >= 0.6 is 24.0 Å². The van der Waals surface area contributed by atoms with Gasteiger partial charge in [-0.15, -0.1) is 24.0 Å². The van der Waals surface area contributed by atoms with E-state index in [1.807, 2.05) is 18.3 Å². The third-order valence-electron chi connectivity index (χ3n) is 3.83. The van der Waals surface area contributed by atoms with Crippen LogP contribution in [-0.4, -0.2) is 24.0 Å². The van der Waals surface area contributed by atoms with Crippen LogP contribution in [-0.2, 0) is 6.54 Å². The summed E-state index contributed by atoms with van der Waals surface area (Å²) in [4.78, 5) is 8.74. The van der Waals surface area contributed by atoms with Crippen LogP contribution in [0.25, 0.3) is 10.8 Å². The molecule has 0 spiro atoms. The van der Waals surface area contributed by atoms with Gasteiger partial charge in [0.15, 0.2) is 5.96 Å². The molecule has 3 rings (SSSR count). The van der Waals surface area contributed by atoms with Crippen LogP contribution in [0.1, 0.15) is 19.0 Å². The minimum Gasteiger partial charge on any atom is -0.353 e. The number of hydrogen-bond acceptors (Lipinski definition) is 2. The fraction of sp³-hybridized carbons (Fsp3) is 0.375. The lowest BCUT2D eigenvalue weighted by Gasteiger charge is -2.12. The molecule has 1 fully saturated rings. The van der Waals surface area contributed by atoms with Gasteiger partial charge in [0, 0.05) is 24.7 Å². The summed E-state index contributed by atoms with van der Waals surface area (Å²) in [6.45, 7) is 2.93. The second-order valence-corrected chi connectivity index (χ2v) is 5.37. The molecule has 1 aliphatic carbocycles. The third kappa shape index (κ3) is 3.84. The Kier molecular flexibility index (Phi) is 5.39. The van der Waals surface area contributed by atoms with Crippen molar-refractivity contribution in [2.75, 3.05) is 7.05 Å². The van der Waals surface area contributed by atoms with Crippen LogP contribution < -0.4 is 10.6 Å². The molecule has 1 saturated carbocycles. The maximum Gasteiger partial charge on any atom is 0.191 e. The Hall–Kier alpha value is -1.37. The van der Waals surface area contributed by atoms with E-state index >= 15 is 0 Å². The van der Waals surface area contributed by atoms with Crippen LogP contribution in [0, 0.1) is 5.92 Å². The van der Waals surface area contributed by atoms with Gasteiger partial charge in [-0.05, 0) is 23.8 Å². The number of guanidine groups is 1. The minimum atomic E-state index is 0. The van der Waals surface area contributed by atoms with Crippen molar-refractivity contribution in [1.29, 1.82) is 0 Å². The summed E-state index contributed by atoms with van der Waals surface area (Å²) in [5.74, 6) is 1.61. The summed E-state index contributed by atoms with van der Waals surface area (Å²) in [5.41, 5.74) is 1.05. The monoisotopic (exact) mass is 396 g/mol. The molecule has 1 aromatic heterocycles. The van der Waals surface area contributed by atoms with Crippen LogP contribution in [0.2, 0.25) is 0 Å². The standard InChI is InChI=1S/C16H20N4.HI/c1-11-9-14(11)20-16(17-2)19-10-15-13-6-4-3-5-12(13)7-8-18-15;/h3-8,11,14H,9-10H2,1-2H3,(H2,17,19,20);1H. The highest BCUT2D eigenvalue weighted by molar-refractivity contribution is 14.0. The average molecular weight is 396 g/mol. The lowest BCUT2D eigenvalue weighted by Crippen LogP contribution is -2.38. The van der Waals surface area contributed by atoms with Crippen LogP contribution in [0.15, 0.2) is 41.5 Å². The van der Waals surface area contributed by atoms with Gasteiger partial charge in [-0.25, -0.2) is 0 Å². The lowest BCUT2D eigenvalue weighted by molar-refractivity contribution is 0.759. The van der Waals surface area contributed by atoms with Crippen molar-refractivity contribution in [2.45, 2.75) is 25.9 Å². The Balaban J connectivity index is 0.00000161. The summed E-state index contributed by atoms with van der Waals surface area (Å²) in [6.07, 6.45) is 3.09. The highest BCUT2D eigenvalue weighted by Crippen LogP contribution is 2.28. The molecule has 0 radical (unpaired) electrons. The van der Waals surface area contributed by atoms with Gasteiger partial charge in [-0.2, -0.15) is 0 Å². The van der Waals surface area contributed by atoms with Crippen LogP contribution in [0.3, 0.4) is 0 Å². The molecule has 5 heteroatoms. The Morgan fingerprint density at radius 3 is 2.81 bits per heavy atom. The maximum atomic E-state index is 4.48. The second-order valence-electron chi connectivity index (χ2n) is 5.37. The first-order chi connectivity index (χ1) is 9.78. The number of fused-ring (bicyclic) bond motifs is 1. The smallest absolute Gasteiger partial charge is 0.191 e. The molecule has 0 amide bonds. The van der Waals surface area contributed by atoms with E-state index in [9.17, 15) is 0 Å². The van der Waals surface area contributed by atoms with Crippen molar-refractivity contribution in [1.82, 2.24) is 15.6 Å².